The van der Waals surface area contributed by atoms with Crippen LogP contribution >= 0.6 is 31.9 Å². The molecule has 0 unspecified atom stereocenters. The minimum Gasteiger partial charge on any atom is -0.506 e. The van der Waals surface area contributed by atoms with E-state index >= 15 is 0 Å². The van der Waals surface area contributed by atoms with Crippen LogP contribution in [0.1, 0.15) is 18.6 Å². The second-order valence-electron chi connectivity index (χ2n) is 5.84. The summed E-state index contributed by atoms with van der Waals surface area (Å²) in [5.41, 5.74) is 2.38. The maximum Gasteiger partial charge on any atom is 0.412 e. The number of phenols is 1. The summed E-state index contributed by atoms with van der Waals surface area (Å²) < 4.78 is 6.64. The summed E-state index contributed by atoms with van der Waals surface area (Å²) in [5, 5.41) is 21.7. The smallest absolute Gasteiger partial charge is 0.412 e. The van der Waals surface area contributed by atoms with Gasteiger partial charge in [-0.25, -0.2) is 10.3 Å². The van der Waals surface area contributed by atoms with E-state index in [0.29, 0.717) is 20.2 Å². The van der Waals surface area contributed by atoms with Gasteiger partial charge in [-0.05, 0) is 40.2 Å². The number of carbonyl (C=O) groups excluding carboxylic acids is 2. The first-order valence-electron chi connectivity index (χ1n) is 8.14. The topological polar surface area (TPSA) is 108 Å². The van der Waals surface area contributed by atoms with Gasteiger partial charge < -0.3 is 9.84 Å². The Hall–Kier alpha value is -2.36. The summed E-state index contributed by atoms with van der Waals surface area (Å²) in [6, 6.07) is 12.0. The van der Waals surface area contributed by atoms with Gasteiger partial charge in [0, 0.05) is 27.7 Å². The highest BCUT2D eigenvalue weighted by molar-refractivity contribution is 9.11. The molecule has 2 amide bonds. The summed E-state index contributed by atoms with van der Waals surface area (Å²) in [5.74, 6) is -1.32. The van der Waals surface area contributed by atoms with Gasteiger partial charge in [-0.1, -0.05) is 47.1 Å². The Balaban J connectivity index is 2.32. The van der Waals surface area contributed by atoms with E-state index < -0.39 is 24.0 Å². The molecule has 0 aliphatic rings. The molecule has 148 valence electrons. The van der Waals surface area contributed by atoms with Crippen molar-refractivity contribution in [2.24, 2.45) is 5.92 Å². The molecule has 2 aromatic carbocycles. The molecule has 0 saturated carbocycles. The van der Waals surface area contributed by atoms with Crippen LogP contribution in [0.25, 0.3) is 0 Å². The molecule has 0 aromatic heterocycles. The number of rotatable bonds is 6. The molecule has 2 atom stereocenters. The van der Waals surface area contributed by atoms with Crippen LogP contribution in [0.3, 0.4) is 0 Å². The zero-order chi connectivity index (χ0) is 20.7. The Morgan fingerprint density at radius 2 is 1.86 bits per heavy atom. The molecule has 0 heterocycles. The van der Waals surface area contributed by atoms with E-state index in [2.05, 4.69) is 37.2 Å². The number of nitrogens with one attached hydrogen (secondary N) is 2. The molecular weight excluding hydrogens is 496 g/mol. The fourth-order valence-electron chi connectivity index (χ4n) is 2.42. The van der Waals surface area contributed by atoms with Crippen molar-refractivity contribution in [2.45, 2.75) is 13.0 Å². The van der Waals surface area contributed by atoms with Crippen LogP contribution in [0.5, 0.6) is 5.75 Å². The van der Waals surface area contributed by atoms with E-state index in [4.69, 9.17) is 9.94 Å². The number of amides is 2. The molecule has 0 aliphatic heterocycles. The third kappa shape index (κ3) is 6.08. The van der Waals surface area contributed by atoms with Gasteiger partial charge in [0.15, 0.2) is 0 Å². The van der Waals surface area contributed by atoms with Crippen molar-refractivity contribution in [3.8, 4) is 5.75 Å². The van der Waals surface area contributed by atoms with Gasteiger partial charge in [0.25, 0.3) is 5.91 Å². The molecule has 2 aromatic rings. The monoisotopic (exact) mass is 512 g/mol. The van der Waals surface area contributed by atoms with Crippen LogP contribution < -0.4 is 10.8 Å². The number of anilines is 1. The van der Waals surface area contributed by atoms with Gasteiger partial charge in [-0.15, -0.1) is 0 Å². The molecule has 2 rings (SSSR count). The van der Waals surface area contributed by atoms with Crippen LogP contribution in [-0.4, -0.2) is 22.3 Å². The highest BCUT2D eigenvalue weighted by atomic mass is 79.9. The SMILES string of the molecule is C[C@H](/C=C/C(=O)NO)[C@H](OC(=O)Nc1ccccc1)c1cc(Br)cc(Br)c1O. The summed E-state index contributed by atoms with van der Waals surface area (Å²) in [6.07, 6.45) is 0.930. The second-order valence-corrected chi connectivity index (χ2v) is 7.61. The predicted octanol–water partition coefficient (Wildman–Crippen LogP) is 4.90. The molecule has 28 heavy (non-hydrogen) atoms. The van der Waals surface area contributed by atoms with E-state index in [0.717, 1.165) is 6.08 Å². The molecule has 4 N–H and O–H groups in total. The second kappa shape index (κ2) is 10.3. The lowest BCUT2D eigenvalue weighted by molar-refractivity contribution is -0.124. The highest BCUT2D eigenvalue weighted by Crippen LogP contribution is 2.40. The van der Waals surface area contributed by atoms with Crippen LogP contribution in [0, 0.1) is 5.92 Å². The van der Waals surface area contributed by atoms with Crippen molar-refractivity contribution < 1.29 is 24.6 Å². The van der Waals surface area contributed by atoms with Crippen LogP contribution in [0.4, 0.5) is 10.5 Å². The van der Waals surface area contributed by atoms with E-state index in [1.165, 1.54) is 11.6 Å². The van der Waals surface area contributed by atoms with Crippen LogP contribution in [0.15, 0.2) is 63.6 Å². The Kier molecular flexibility index (Phi) is 8.04. The summed E-state index contributed by atoms with van der Waals surface area (Å²) >= 11 is 6.60. The number of phenolic OH excluding ortho intramolecular Hbond substituents is 1. The lowest BCUT2D eigenvalue weighted by Crippen LogP contribution is -2.22. The summed E-state index contributed by atoms with van der Waals surface area (Å²) in [6.45, 7) is 1.70. The van der Waals surface area contributed by atoms with Gasteiger partial charge in [0.1, 0.15) is 11.9 Å². The largest absolute Gasteiger partial charge is 0.506 e. The molecular formula is C19H18Br2N2O5. The maximum absolute atomic E-state index is 12.4. The molecule has 0 saturated heterocycles. The van der Waals surface area contributed by atoms with Gasteiger partial charge in [-0.3, -0.25) is 15.3 Å². The fraction of sp³-hybridized carbons (Fsp3) is 0.158. The van der Waals surface area contributed by atoms with Crippen molar-refractivity contribution in [1.29, 1.82) is 0 Å². The Labute approximate surface area is 178 Å². The van der Waals surface area contributed by atoms with Crippen molar-refractivity contribution in [3.05, 3.63) is 69.1 Å². The number of hydroxylamine groups is 1. The molecule has 7 nitrogen and oxygen atoms in total. The number of hydrogen-bond donors (Lipinski definition) is 4. The first-order chi connectivity index (χ1) is 13.3. The molecule has 0 bridgehead atoms. The lowest BCUT2D eigenvalue weighted by atomic mass is 9.96. The summed E-state index contributed by atoms with van der Waals surface area (Å²) in [7, 11) is 0. The lowest BCUT2D eigenvalue weighted by Gasteiger charge is -2.24. The van der Waals surface area contributed by atoms with Crippen molar-refractivity contribution in [3.63, 3.8) is 0 Å². The van der Waals surface area contributed by atoms with E-state index in [1.807, 2.05) is 6.07 Å². The minimum absolute atomic E-state index is 0.0902. The molecule has 0 aliphatic carbocycles. The molecule has 0 fully saturated rings. The summed E-state index contributed by atoms with van der Waals surface area (Å²) in [4.78, 5) is 23.7. The average Bonchev–Trinajstić information content (AvgIpc) is 2.67. The van der Waals surface area contributed by atoms with Gasteiger partial charge >= 0.3 is 6.09 Å². The Morgan fingerprint density at radius 3 is 2.50 bits per heavy atom. The quantitative estimate of drug-likeness (QED) is 0.249. The predicted molar refractivity (Wildman–Crippen MR) is 111 cm³/mol. The standard InChI is InChI=1S/C19H18Br2N2O5/c1-11(7-8-16(24)23-27)18(14-9-12(20)10-15(21)17(14)25)28-19(26)22-13-5-3-2-4-6-13/h2-11,18,25,27H,1H3,(H,22,26)(H,23,24)/b8-7+/t11-,18+/m1/s1. The molecule has 0 spiro atoms. The fourth-order valence-corrected chi connectivity index (χ4v) is 3.68. The van der Waals surface area contributed by atoms with E-state index in [1.54, 1.807) is 43.3 Å². The van der Waals surface area contributed by atoms with E-state index in [-0.39, 0.29) is 5.75 Å². The average molecular weight is 514 g/mol. The third-order valence-corrected chi connectivity index (χ3v) is 4.82. The van der Waals surface area contributed by atoms with Gasteiger partial charge in [0.2, 0.25) is 0 Å². The van der Waals surface area contributed by atoms with Crippen molar-refractivity contribution >= 4 is 49.5 Å². The number of halogens is 2. The van der Waals surface area contributed by atoms with Crippen molar-refractivity contribution in [1.82, 2.24) is 5.48 Å². The number of para-hydroxylation sites is 1. The van der Waals surface area contributed by atoms with Crippen LogP contribution in [0.2, 0.25) is 0 Å². The Bertz CT molecular complexity index is 874. The van der Waals surface area contributed by atoms with Gasteiger partial charge in [0.05, 0.1) is 4.47 Å². The first kappa shape index (κ1) is 21.9. The number of ether oxygens (including phenoxy) is 1. The van der Waals surface area contributed by atoms with Crippen LogP contribution in [-0.2, 0) is 9.53 Å². The Morgan fingerprint density at radius 1 is 1.18 bits per heavy atom. The van der Waals surface area contributed by atoms with E-state index in [9.17, 15) is 14.7 Å². The highest BCUT2D eigenvalue weighted by Gasteiger charge is 2.26. The number of hydrogen-bond acceptors (Lipinski definition) is 5. The first-order valence-corrected chi connectivity index (χ1v) is 9.73. The van der Waals surface area contributed by atoms with Crippen molar-refractivity contribution in [2.75, 3.05) is 5.32 Å². The van der Waals surface area contributed by atoms with Gasteiger partial charge in [-0.2, -0.15) is 0 Å². The third-order valence-electron chi connectivity index (χ3n) is 3.76. The zero-order valence-corrected chi connectivity index (χ0v) is 17.9. The zero-order valence-electron chi connectivity index (χ0n) is 14.7. The number of carbonyl (C=O) groups is 2. The minimum atomic E-state index is -0.916. The normalized spacial score (nSPS) is 13.0. The molecule has 9 heteroatoms. The molecule has 0 radical (unpaired) electrons. The maximum atomic E-state index is 12.4. The number of aromatic hydroxyl groups is 1. The number of benzene rings is 2.